The summed E-state index contributed by atoms with van der Waals surface area (Å²) in [5, 5.41) is 22.9. The van der Waals surface area contributed by atoms with Crippen LogP contribution in [0.4, 0.5) is 0 Å². The maximum atomic E-state index is 11.5. The molecule has 0 spiro atoms. The molecule has 4 fully saturated rings. The van der Waals surface area contributed by atoms with E-state index < -0.39 is 11.2 Å². The van der Waals surface area contributed by atoms with Gasteiger partial charge in [-0.1, -0.05) is 40.5 Å². The largest absolute Gasteiger partial charge is 0.388 e. The van der Waals surface area contributed by atoms with E-state index in [1.54, 1.807) is 0 Å². The number of rotatable bonds is 9. The molecule has 0 aromatic carbocycles. The van der Waals surface area contributed by atoms with E-state index in [1.807, 2.05) is 0 Å². The molecule has 2 saturated heterocycles. The van der Waals surface area contributed by atoms with Gasteiger partial charge in [-0.3, -0.25) is 9.80 Å². The van der Waals surface area contributed by atoms with Gasteiger partial charge in [-0.05, 0) is 76.0 Å². The van der Waals surface area contributed by atoms with Crippen molar-refractivity contribution < 1.29 is 10.2 Å². The Morgan fingerprint density at radius 1 is 0.633 bits per heavy atom. The van der Waals surface area contributed by atoms with Crippen molar-refractivity contribution in [3.05, 3.63) is 0 Å². The molecule has 0 aromatic heterocycles. The summed E-state index contributed by atoms with van der Waals surface area (Å²) in [6, 6.07) is 1.99. The van der Waals surface area contributed by atoms with Crippen LogP contribution in [0.25, 0.3) is 0 Å². The van der Waals surface area contributed by atoms with Gasteiger partial charge in [0.15, 0.2) is 0 Å². The second-order valence-electron chi connectivity index (χ2n) is 11.1. The average molecular weight is 421 g/mol. The molecule has 0 bridgehead atoms. The minimum atomic E-state index is -0.543. The molecular formula is C26H48N2O2. The Labute approximate surface area is 185 Å². The molecular weight excluding hydrogens is 372 g/mol. The first-order chi connectivity index (χ1) is 14.4. The third-order valence-corrected chi connectivity index (χ3v) is 10.2. The van der Waals surface area contributed by atoms with Crippen LogP contribution in [0.1, 0.15) is 105 Å². The molecule has 4 nitrogen and oxygen atoms in total. The van der Waals surface area contributed by atoms with E-state index in [0.717, 1.165) is 50.6 Å². The van der Waals surface area contributed by atoms with Crippen molar-refractivity contribution in [3.8, 4) is 0 Å². The van der Waals surface area contributed by atoms with Crippen LogP contribution >= 0.6 is 0 Å². The highest BCUT2D eigenvalue weighted by atomic mass is 16.3. The van der Waals surface area contributed by atoms with Gasteiger partial charge in [0.1, 0.15) is 0 Å². The molecule has 2 heterocycles. The summed E-state index contributed by atoms with van der Waals surface area (Å²) < 4.78 is 0. The fourth-order valence-corrected chi connectivity index (χ4v) is 8.14. The van der Waals surface area contributed by atoms with E-state index in [4.69, 9.17) is 0 Å². The molecule has 4 rings (SSSR count). The molecule has 2 aliphatic heterocycles. The SMILES string of the molecule is CCC(O)(CC)[C@H]1C[C@H]2CCC[C@H]2N1CCN1[C@@H]2CCC[C@@H]2C[C@@H]1C(O)(CC)CC. The molecule has 174 valence electrons. The van der Waals surface area contributed by atoms with Gasteiger partial charge in [-0.2, -0.15) is 0 Å². The highest BCUT2D eigenvalue weighted by Crippen LogP contribution is 2.48. The molecule has 0 amide bonds. The van der Waals surface area contributed by atoms with Gasteiger partial charge in [0.25, 0.3) is 0 Å². The Balaban J connectivity index is 1.53. The highest BCUT2D eigenvalue weighted by Gasteiger charge is 2.53. The number of hydrogen-bond donors (Lipinski definition) is 2. The van der Waals surface area contributed by atoms with E-state index in [1.165, 1.54) is 51.4 Å². The molecule has 2 N–H and O–H groups in total. The Hall–Kier alpha value is -0.160. The first kappa shape index (κ1) is 23.0. The second-order valence-corrected chi connectivity index (χ2v) is 11.1. The molecule has 0 radical (unpaired) electrons. The van der Waals surface area contributed by atoms with Gasteiger partial charge in [0.2, 0.25) is 0 Å². The van der Waals surface area contributed by atoms with Crippen molar-refractivity contribution in [2.45, 2.75) is 140 Å². The van der Waals surface area contributed by atoms with Crippen molar-refractivity contribution in [2.75, 3.05) is 13.1 Å². The smallest absolute Gasteiger partial charge is 0.0797 e. The normalized spacial score (nSPS) is 37.8. The van der Waals surface area contributed by atoms with Crippen LogP contribution in [0.15, 0.2) is 0 Å². The number of fused-ring (bicyclic) bond motifs is 2. The lowest BCUT2D eigenvalue weighted by atomic mass is 9.84. The zero-order chi connectivity index (χ0) is 21.5. The molecule has 4 heteroatoms. The van der Waals surface area contributed by atoms with Crippen molar-refractivity contribution in [1.29, 1.82) is 0 Å². The third kappa shape index (κ3) is 3.78. The van der Waals surface area contributed by atoms with Crippen molar-refractivity contribution >= 4 is 0 Å². The first-order valence-corrected chi connectivity index (χ1v) is 13.4. The lowest BCUT2D eigenvalue weighted by molar-refractivity contribution is -0.0647. The highest BCUT2D eigenvalue weighted by molar-refractivity contribution is 5.07. The van der Waals surface area contributed by atoms with Crippen LogP contribution in [-0.4, -0.2) is 68.5 Å². The zero-order valence-corrected chi connectivity index (χ0v) is 20.2. The van der Waals surface area contributed by atoms with Gasteiger partial charge in [0.05, 0.1) is 11.2 Å². The van der Waals surface area contributed by atoms with Gasteiger partial charge >= 0.3 is 0 Å². The molecule has 0 unspecified atom stereocenters. The second kappa shape index (κ2) is 9.00. The summed E-state index contributed by atoms with van der Waals surface area (Å²) in [6.07, 6.45) is 13.8. The summed E-state index contributed by atoms with van der Waals surface area (Å²) in [7, 11) is 0. The maximum absolute atomic E-state index is 11.5. The molecule has 2 aliphatic carbocycles. The number of likely N-dealkylation sites (tertiary alicyclic amines) is 2. The summed E-state index contributed by atoms with van der Waals surface area (Å²) in [5.74, 6) is 1.58. The topological polar surface area (TPSA) is 46.9 Å². The van der Waals surface area contributed by atoms with Gasteiger partial charge < -0.3 is 10.2 Å². The minimum Gasteiger partial charge on any atom is -0.388 e. The van der Waals surface area contributed by atoms with Crippen LogP contribution in [0.3, 0.4) is 0 Å². The quantitative estimate of drug-likeness (QED) is 0.573. The zero-order valence-electron chi connectivity index (χ0n) is 20.2. The van der Waals surface area contributed by atoms with Crippen LogP contribution < -0.4 is 0 Å². The number of aliphatic hydroxyl groups is 2. The Kier molecular flexibility index (Phi) is 6.90. The number of hydrogen-bond acceptors (Lipinski definition) is 4. The third-order valence-electron chi connectivity index (χ3n) is 10.2. The van der Waals surface area contributed by atoms with Crippen LogP contribution in [0, 0.1) is 11.8 Å². The lowest BCUT2D eigenvalue weighted by Crippen LogP contribution is -2.56. The van der Waals surface area contributed by atoms with E-state index in [-0.39, 0.29) is 0 Å². The molecule has 0 aromatic rings. The van der Waals surface area contributed by atoms with Crippen LogP contribution in [-0.2, 0) is 0 Å². The molecule has 2 saturated carbocycles. The van der Waals surface area contributed by atoms with Crippen LogP contribution in [0.2, 0.25) is 0 Å². The lowest BCUT2D eigenvalue weighted by Gasteiger charge is -2.43. The molecule has 6 atom stereocenters. The first-order valence-electron chi connectivity index (χ1n) is 13.4. The number of nitrogens with zero attached hydrogens (tertiary/aromatic N) is 2. The van der Waals surface area contributed by atoms with Gasteiger partial charge in [-0.15, -0.1) is 0 Å². The van der Waals surface area contributed by atoms with Crippen molar-refractivity contribution in [2.24, 2.45) is 11.8 Å². The van der Waals surface area contributed by atoms with Gasteiger partial charge in [-0.25, -0.2) is 0 Å². The predicted molar refractivity (Wildman–Crippen MR) is 124 cm³/mol. The van der Waals surface area contributed by atoms with E-state index in [9.17, 15) is 10.2 Å². The minimum absolute atomic E-state index is 0.319. The molecule has 4 aliphatic rings. The Morgan fingerprint density at radius 2 is 1.00 bits per heavy atom. The Bertz CT molecular complexity index is 523. The van der Waals surface area contributed by atoms with E-state index >= 15 is 0 Å². The fourth-order valence-electron chi connectivity index (χ4n) is 8.14. The van der Waals surface area contributed by atoms with Crippen LogP contribution in [0.5, 0.6) is 0 Å². The Morgan fingerprint density at radius 3 is 1.33 bits per heavy atom. The van der Waals surface area contributed by atoms with Crippen molar-refractivity contribution in [1.82, 2.24) is 9.80 Å². The summed E-state index contributed by atoms with van der Waals surface area (Å²) in [6.45, 7) is 10.8. The fraction of sp³-hybridized carbons (Fsp3) is 1.00. The summed E-state index contributed by atoms with van der Waals surface area (Å²) in [4.78, 5) is 5.47. The predicted octanol–water partition coefficient (Wildman–Crippen LogP) is 4.57. The van der Waals surface area contributed by atoms with Crippen molar-refractivity contribution in [3.63, 3.8) is 0 Å². The van der Waals surface area contributed by atoms with Gasteiger partial charge in [0, 0.05) is 37.3 Å². The summed E-state index contributed by atoms with van der Waals surface area (Å²) >= 11 is 0. The van der Waals surface area contributed by atoms with E-state index in [2.05, 4.69) is 37.5 Å². The maximum Gasteiger partial charge on any atom is 0.0797 e. The monoisotopic (exact) mass is 420 g/mol. The van der Waals surface area contributed by atoms with E-state index in [0.29, 0.717) is 24.2 Å². The molecule has 30 heavy (non-hydrogen) atoms. The summed E-state index contributed by atoms with van der Waals surface area (Å²) in [5.41, 5.74) is -1.09. The standard InChI is InChI=1S/C26H48N2O2/c1-5-25(29,6-2)23-17-19-11-9-13-21(19)27(23)15-16-28-22-14-10-12-20(22)18-24(28)26(30,7-3)8-4/h19-24,29-30H,5-18H2,1-4H3/t19-,20-,21-,22-,23-,24-/m1/s1. The average Bonchev–Trinajstić information content (AvgIpc) is 3.52.